The molecule has 0 aliphatic carbocycles. The molecule has 6 nitrogen and oxygen atoms in total. The lowest BCUT2D eigenvalue weighted by Gasteiger charge is -2.40. The van der Waals surface area contributed by atoms with Crippen molar-refractivity contribution in [3.05, 3.63) is 76.3 Å². The summed E-state index contributed by atoms with van der Waals surface area (Å²) in [4.78, 5) is 36.8. The van der Waals surface area contributed by atoms with Crippen molar-refractivity contribution in [2.24, 2.45) is 0 Å². The van der Waals surface area contributed by atoms with Gasteiger partial charge in [0, 0.05) is 32.5 Å². The summed E-state index contributed by atoms with van der Waals surface area (Å²) in [5, 5.41) is 0.570. The van der Waals surface area contributed by atoms with Gasteiger partial charge in [0.1, 0.15) is 5.82 Å². The number of nitrogens with zero attached hydrogens (tertiary/aromatic N) is 3. The number of para-hydroxylation sites is 1. The number of fused-ring (bicyclic) bond motifs is 1. The Morgan fingerprint density at radius 1 is 1.11 bits per heavy atom. The van der Waals surface area contributed by atoms with Gasteiger partial charge in [-0.15, -0.1) is 0 Å². The molecule has 2 heterocycles. The number of hydrogen-bond acceptors (Lipinski definition) is 4. The number of aromatic nitrogens is 2. The van der Waals surface area contributed by atoms with Gasteiger partial charge in [0.05, 0.1) is 16.9 Å². The van der Waals surface area contributed by atoms with Crippen molar-refractivity contribution in [3.63, 3.8) is 0 Å². The van der Waals surface area contributed by atoms with Crippen LogP contribution < -0.4 is 5.56 Å². The molecule has 1 atom stereocenters. The van der Waals surface area contributed by atoms with Gasteiger partial charge in [-0.1, -0.05) is 42.5 Å². The minimum Gasteiger partial charge on any atom is -0.333 e. The van der Waals surface area contributed by atoms with E-state index in [1.165, 1.54) is 0 Å². The molecular formula is C22H24N4O2. The van der Waals surface area contributed by atoms with Crippen molar-refractivity contribution in [2.75, 3.05) is 26.7 Å². The summed E-state index contributed by atoms with van der Waals surface area (Å²) in [6, 6.07) is 17.5. The Kier molecular flexibility index (Phi) is 5.21. The molecule has 1 aromatic heterocycles. The third kappa shape index (κ3) is 3.82. The second-order valence-electron chi connectivity index (χ2n) is 7.31. The first-order chi connectivity index (χ1) is 13.6. The summed E-state index contributed by atoms with van der Waals surface area (Å²) in [6.45, 7) is 2.39. The highest BCUT2D eigenvalue weighted by Gasteiger charge is 2.29. The Bertz CT molecular complexity index is 1030. The summed E-state index contributed by atoms with van der Waals surface area (Å²) in [6.07, 6.45) is 0.751. The van der Waals surface area contributed by atoms with Gasteiger partial charge in [-0.3, -0.25) is 9.59 Å². The number of piperazine rings is 1. The number of carbonyl (C=O) groups is 1. The van der Waals surface area contributed by atoms with Crippen LogP contribution in [0.1, 0.15) is 23.9 Å². The molecule has 1 aliphatic rings. The second kappa shape index (κ2) is 7.94. The lowest BCUT2D eigenvalue weighted by atomic mass is 10.0. The standard InChI is InChI=1S/C22H24N4O2/c1-25-13-14-26(19(15-25)16-7-3-2-4-8-16)21(27)12-11-20-23-18-10-6-5-9-17(18)22(28)24-20/h2-10,19H,11-15H2,1H3,(H,23,24,28). The zero-order valence-electron chi connectivity index (χ0n) is 16.0. The van der Waals surface area contributed by atoms with Crippen molar-refractivity contribution >= 4 is 16.8 Å². The number of hydrogen-bond donors (Lipinski definition) is 1. The van der Waals surface area contributed by atoms with E-state index < -0.39 is 0 Å². The number of rotatable bonds is 4. The normalized spacial score (nSPS) is 17.8. The summed E-state index contributed by atoms with van der Waals surface area (Å²) >= 11 is 0. The molecule has 4 rings (SSSR count). The molecule has 6 heteroatoms. The third-order valence-electron chi connectivity index (χ3n) is 5.33. The van der Waals surface area contributed by atoms with Crippen molar-refractivity contribution < 1.29 is 4.79 Å². The second-order valence-corrected chi connectivity index (χ2v) is 7.31. The summed E-state index contributed by atoms with van der Waals surface area (Å²) in [5.74, 6) is 0.653. The Morgan fingerprint density at radius 3 is 2.68 bits per heavy atom. The van der Waals surface area contributed by atoms with E-state index in [0.29, 0.717) is 36.1 Å². The van der Waals surface area contributed by atoms with Crippen LogP contribution in [0.15, 0.2) is 59.4 Å². The van der Waals surface area contributed by atoms with Gasteiger partial charge in [0.15, 0.2) is 0 Å². The van der Waals surface area contributed by atoms with Gasteiger partial charge in [-0.25, -0.2) is 4.98 Å². The maximum atomic E-state index is 13.0. The SMILES string of the molecule is CN1CCN(C(=O)CCc2nc3ccccc3c(=O)[nH]2)C(c2ccccc2)C1. The molecule has 1 amide bonds. The number of aryl methyl sites for hydroxylation is 1. The Morgan fingerprint density at radius 2 is 1.86 bits per heavy atom. The van der Waals surface area contributed by atoms with E-state index in [4.69, 9.17) is 0 Å². The number of aromatic amines is 1. The molecule has 1 fully saturated rings. The number of carbonyl (C=O) groups excluding carboxylic acids is 1. The molecule has 3 aromatic rings. The van der Waals surface area contributed by atoms with Crippen LogP contribution in [0, 0.1) is 0 Å². The average Bonchev–Trinajstić information content (AvgIpc) is 2.72. The molecule has 1 saturated heterocycles. The van der Waals surface area contributed by atoms with Crippen LogP contribution in [-0.2, 0) is 11.2 Å². The number of likely N-dealkylation sites (N-methyl/N-ethyl adjacent to an activating group) is 1. The fraction of sp³-hybridized carbons (Fsp3) is 0.318. The van der Waals surface area contributed by atoms with E-state index in [0.717, 1.165) is 18.7 Å². The van der Waals surface area contributed by atoms with Gasteiger partial charge in [-0.05, 0) is 24.7 Å². The quantitative estimate of drug-likeness (QED) is 0.759. The van der Waals surface area contributed by atoms with Gasteiger partial charge in [0.25, 0.3) is 5.56 Å². The molecule has 28 heavy (non-hydrogen) atoms. The zero-order chi connectivity index (χ0) is 19.5. The van der Waals surface area contributed by atoms with Gasteiger partial charge in [0.2, 0.25) is 5.91 Å². The monoisotopic (exact) mass is 376 g/mol. The smallest absolute Gasteiger partial charge is 0.258 e. The van der Waals surface area contributed by atoms with Gasteiger partial charge < -0.3 is 14.8 Å². The van der Waals surface area contributed by atoms with E-state index >= 15 is 0 Å². The predicted octanol–water partition coefficient (Wildman–Crippen LogP) is 2.37. The van der Waals surface area contributed by atoms with Crippen LogP contribution in [0.3, 0.4) is 0 Å². The number of amides is 1. The summed E-state index contributed by atoms with van der Waals surface area (Å²) in [7, 11) is 2.08. The molecule has 0 radical (unpaired) electrons. The van der Waals surface area contributed by atoms with E-state index in [9.17, 15) is 9.59 Å². The maximum absolute atomic E-state index is 13.0. The first kappa shape index (κ1) is 18.4. The molecule has 144 valence electrons. The van der Waals surface area contributed by atoms with E-state index in [1.54, 1.807) is 6.07 Å². The maximum Gasteiger partial charge on any atom is 0.258 e. The Balaban J connectivity index is 1.50. The van der Waals surface area contributed by atoms with Crippen LogP contribution >= 0.6 is 0 Å². The fourth-order valence-corrected chi connectivity index (χ4v) is 3.80. The molecule has 2 aromatic carbocycles. The fourth-order valence-electron chi connectivity index (χ4n) is 3.80. The molecular weight excluding hydrogens is 352 g/mol. The molecule has 0 bridgehead atoms. The van der Waals surface area contributed by atoms with E-state index in [-0.39, 0.29) is 17.5 Å². The van der Waals surface area contributed by atoms with Crippen LogP contribution in [0.4, 0.5) is 0 Å². The van der Waals surface area contributed by atoms with E-state index in [1.807, 2.05) is 41.3 Å². The minimum atomic E-state index is -0.158. The van der Waals surface area contributed by atoms with Gasteiger partial charge >= 0.3 is 0 Å². The molecule has 1 aliphatic heterocycles. The predicted molar refractivity (Wildman–Crippen MR) is 109 cm³/mol. The summed E-state index contributed by atoms with van der Waals surface area (Å²) in [5.41, 5.74) is 1.66. The first-order valence-electron chi connectivity index (χ1n) is 9.63. The van der Waals surface area contributed by atoms with Crippen LogP contribution in [0.25, 0.3) is 10.9 Å². The highest BCUT2D eigenvalue weighted by atomic mass is 16.2. The van der Waals surface area contributed by atoms with Crippen LogP contribution in [-0.4, -0.2) is 52.4 Å². The molecule has 0 spiro atoms. The first-order valence-corrected chi connectivity index (χ1v) is 9.63. The van der Waals surface area contributed by atoms with Crippen molar-refractivity contribution in [1.29, 1.82) is 0 Å². The van der Waals surface area contributed by atoms with E-state index in [2.05, 4.69) is 34.0 Å². The van der Waals surface area contributed by atoms with Crippen LogP contribution in [0.5, 0.6) is 0 Å². The molecule has 1 N–H and O–H groups in total. The number of nitrogens with one attached hydrogen (secondary N) is 1. The number of H-pyrrole nitrogens is 1. The molecule has 0 saturated carbocycles. The molecule has 1 unspecified atom stereocenters. The largest absolute Gasteiger partial charge is 0.333 e. The topological polar surface area (TPSA) is 69.3 Å². The van der Waals surface area contributed by atoms with Crippen molar-refractivity contribution in [1.82, 2.24) is 19.8 Å². The lowest BCUT2D eigenvalue weighted by molar-refractivity contribution is -0.136. The zero-order valence-corrected chi connectivity index (χ0v) is 16.0. The third-order valence-corrected chi connectivity index (χ3v) is 5.33. The number of benzene rings is 2. The van der Waals surface area contributed by atoms with Gasteiger partial charge in [-0.2, -0.15) is 0 Å². The summed E-state index contributed by atoms with van der Waals surface area (Å²) < 4.78 is 0. The van der Waals surface area contributed by atoms with Crippen molar-refractivity contribution in [2.45, 2.75) is 18.9 Å². The lowest BCUT2D eigenvalue weighted by Crippen LogP contribution is -2.49. The highest BCUT2D eigenvalue weighted by molar-refractivity contribution is 5.78. The average molecular weight is 376 g/mol. The van der Waals surface area contributed by atoms with Crippen molar-refractivity contribution in [3.8, 4) is 0 Å². The Hall–Kier alpha value is -2.99. The minimum absolute atomic E-state index is 0.0519. The van der Waals surface area contributed by atoms with Crippen LogP contribution in [0.2, 0.25) is 0 Å². The highest BCUT2D eigenvalue weighted by Crippen LogP contribution is 2.25. The Labute approximate surface area is 163 Å².